The molecule has 1 aromatic rings. The van der Waals surface area contributed by atoms with E-state index in [1.54, 1.807) is 12.1 Å². The van der Waals surface area contributed by atoms with Gasteiger partial charge in [-0.15, -0.1) is 0 Å². The van der Waals surface area contributed by atoms with E-state index in [2.05, 4.69) is 10.3 Å². The van der Waals surface area contributed by atoms with E-state index < -0.39 is 13.0 Å². The monoisotopic (exact) mass is 228 g/mol. The Hall–Kier alpha value is -1.39. The normalized spacial score (nSPS) is 15.9. The summed E-state index contributed by atoms with van der Waals surface area (Å²) in [5.41, 5.74) is 0. The van der Waals surface area contributed by atoms with E-state index in [0.717, 1.165) is 12.8 Å². The van der Waals surface area contributed by atoms with Gasteiger partial charge >= 0.3 is 0 Å². The number of hydrogen-bond donors (Lipinski definition) is 1. The fourth-order valence-corrected chi connectivity index (χ4v) is 1.49. The summed E-state index contributed by atoms with van der Waals surface area (Å²) in [4.78, 5) is 4.10. The number of alkyl halides is 2. The van der Waals surface area contributed by atoms with Crippen LogP contribution in [0.15, 0.2) is 18.2 Å². The highest BCUT2D eigenvalue weighted by atomic mass is 19.3. The number of hydrogen-bond acceptors (Lipinski definition) is 3. The average Bonchev–Trinajstić information content (AvgIpc) is 2.21. The topological polar surface area (TPSA) is 34.1 Å². The highest BCUT2D eigenvalue weighted by Crippen LogP contribution is 2.23. The second-order valence-corrected chi connectivity index (χ2v) is 3.84. The number of aromatic nitrogens is 1. The van der Waals surface area contributed by atoms with E-state index in [1.165, 1.54) is 6.42 Å². The highest BCUT2D eigenvalue weighted by molar-refractivity contribution is 5.38. The molecule has 1 aliphatic rings. The lowest BCUT2D eigenvalue weighted by Crippen LogP contribution is -2.27. The number of ether oxygens (including phenoxy) is 1. The number of anilines is 1. The molecule has 0 unspecified atom stereocenters. The molecule has 1 aliphatic carbocycles. The van der Waals surface area contributed by atoms with Gasteiger partial charge in [-0.25, -0.2) is 8.78 Å². The lowest BCUT2D eigenvalue weighted by atomic mass is 9.93. The lowest BCUT2D eigenvalue weighted by molar-refractivity contribution is 0.0796. The van der Waals surface area contributed by atoms with Gasteiger partial charge in [0.2, 0.25) is 5.88 Å². The van der Waals surface area contributed by atoms with Crippen LogP contribution in [0.2, 0.25) is 0 Å². The van der Waals surface area contributed by atoms with Crippen LogP contribution >= 0.6 is 0 Å². The predicted octanol–water partition coefficient (Wildman–Crippen LogP) is 2.69. The molecule has 0 saturated heterocycles. The van der Waals surface area contributed by atoms with Gasteiger partial charge in [-0.1, -0.05) is 6.07 Å². The van der Waals surface area contributed by atoms with E-state index in [-0.39, 0.29) is 5.88 Å². The van der Waals surface area contributed by atoms with E-state index >= 15 is 0 Å². The molecule has 1 aromatic heterocycles. The van der Waals surface area contributed by atoms with Crippen molar-refractivity contribution in [3.63, 3.8) is 0 Å². The summed E-state index contributed by atoms with van der Waals surface area (Å²) >= 11 is 0. The van der Waals surface area contributed by atoms with Crippen molar-refractivity contribution in [2.45, 2.75) is 31.7 Å². The molecule has 1 heterocycles. The minimum absolute atomic E-state index is 0.240. The van der Waals surface area contributed by atoms with Crippen LogP contribution in [0.25, 0.3) is 0 Å². The quantitative estimate of drug-likeness (QED) is 0.841. The maximum atomic E-state index is 11.9. The molecule has 1 N–H and O–H groups in total. The van der Waals surface area contributed by atoms with Crippen molar-refractivity contribution in [3.8, 4) is 5.88 Å². The molecular formula is C11H14F2N2O. The van der Waals surface area contributed by atoms with Gasteiger partial charge in [0.05, 0.1) is 0 Å². The summed E-state index contributed by atoms with van der Waals surface area (Å²) in [7, 11) is 0. The second-order valence-electron chi connectivity index (χ2n) is 3.84. The predicted molar refractivity (Wildman–Crippen MR) is 57.0 cm³/mol. The van der Waals surface area contributed by atoms with Crippen molar-refractivity contribution in [1.29, 1.82) is 0 Å². The third-order valence-electron chi connectivity index (χ3n) is 2.54. The summed E-state index contributed by atoms with van der Waals surface area (Å²) < 4.78 is 28.7. The lowest BCUT2D eigenvalue weighted by Gasteiger charge is -2.26. The number of pyridine rings is 1. The van der Waals surface area contributed by atoms with Crippen LogP contribution in [0, 0.1) is 0 Å². The number of nitrogens with one attached hydrogen (secondary N) is 1. The van der Waals surface area contributed by atoms with E-state index in [0.29, 0.717) is 11.9 Å². The van der Waals surface area contributed by atoms with Gasteiger partial charge in [0, 0.05) is 12.1 Å². The Morgan fingerprint density at radius 1 is 1.44 bits per heavy atom. The first-order chi connectivity index (χ1) is 7.74. The Morgan fingerprint density at radius 2 is 2.25 bits per heavy atom. The van der Waals surface area contributed by atoms with Crippen LogP contribution < -0.4 is 10.1 Å². The first-order valence-corrected chi connectivity index (χ1v) is 5.38. The number of nitrogens with zero attached hydrogens (tertiary/aromatic N) is 1. The van der Waals surface area contributed by atoms with Gasteiger partial charge in [-0.05, 0) is 25.3 Å². The van der Waals surface area contributed by atoms with Gasteiger partial charge in [0.25, 0.3) is 6.43 Å². The van der Waals surface area contributed by atoms with Gasteiger partial charge < -0.3 is 10.1 Å². The molecule has 0 amide bonds. The van der Waals surface area contributed by atoms with Gasteiger partial charge in [0.1, 0.15) is 5.82 Å². The van der Waals surface area contributed by atoms with Gasteiger partial charge in [0.15, 0.2) is 6.61 Å². The van der Waals surface area contributed by atoms with Crippen molar-refractivity contribution >= 4 is 5.82 Å². The largest absolute Gasteiger partial charge is 0.472 e. The third-order valence-corrected chi connectivity index (χ3v) is 2.54. The SMILES string of the molecule is FC(F)COc1cccc(NC2CCC2)n1. The minimum atomic E-state index is -2.47. The molecule has 0 atom stereocenters. The van der Waals surface area contributed by atoms with E-state index in [1.807, 2.05) is 6.07 Å². The van der Waals surface area contributed by atoms with Crippen LogP contribution in [-0.2, 0) is 0 Å². The smallest absolute Gasteiger partial charge is 0.272 e. The molecule has 0 bridgehead atoms. The molecule has 3 nitrogen and oxygen atoms in total. The van der Waals surface area contributed by atoms with Crippen molar-refractivity contribution in [2.75, 3.05) is 11.9 Å². The van der Waals surface area contributed by atoms with Crippen LogP contribution in [0.4, 0.5) is 14.6 Å². The Labute approximate surface area is 92.8 Å². The van der Waals surface area contributed by atoms with E-state index in [9.17, 15) is 8.78 Å². The average molecular weight is 228 g/mol. The molecule has 5 heteroatoms. The van der Waals surface area contributed by atoms with Gasteiger partial charge in [-0.3, -0.25) is 0 Å². The molecular weight excluding hydrogens is 214 g/mol. The highest BCUT2D eigenvalue weighted by Gasteiger charge is 2.17. The maximum Gasteiger partial charge on any atom is 0.272 e. The zero-order valence-corrected chi connectivity index (χ0v) is 8.83. The standard InChI is InChI=1S/C11H14F2N2O/c12-9(13)7-16-11-6-2-5-10(15-11)14-8-3-1-4-8/h2,5-6,8-9H,1,3-4,7H2,(H,14,15). The molecule has 0 aromatic carbocycles. The molecule has 0 aliphatic heterocycles. The summed E-state index contributed by atoms with van der Waals surface area (Å²) in [5, 5.41) is 3.23. The Morgan fingerprint density at radius 3 is 2.88 bits per heavy atom. The first-order valence-electron chi connectivity index (χ1n) is 5.38. The first kappa shape index (κ1) is 11.1. The van der Waals surface area contributed by atoms with Crippen molar-refractivity contribution in [1.82, 2.24) is 4.98 Å². The zero-order valence-electron chi connectivity index (χ0n) is 8.83. The van der Waals surface area contributed by atoms with Crippen LogP contribution in [0.5, 0.6) is 5.88 Å². The second kappa shape index (κ2) is 5.09. The molecule has 1 fully saturated rings. The van der Waals surface area contributed by atoms with Crippen LogP contribution in [0.1, 0.15) is 19.3 Å². The summed E-state index contributed by atoms with van der Waals surface area (Å²) in [6.45, 7) is -0.611. The van der Waals surface area contributed by atoms with Gasteiger partial charge in [-0.2, -0.15) is 4.98 Å². The molecule has 16 heavy (non-hydrogen) atoms. The summed E-state index contributed by atoms with van der Waals surface area (Å²) in [6, 6.07) is 5.61. The maximum absolute atomic E-state index is 11.9. The Balaban J connectivity index is 1.90. The van der Waals surface area contributed by atoms with Crippen molar-refractivity contribution in [3.05, 3.63) is 18.2 Å². The molecule has 2 rings (SSSR count). The summed E-state index contributed by atoms with van der Waals surface area (Å²) in [6.07, 6.45) is 1.05. The number of halogens is 2. The summed E-state index contributed by atoms with van der Waals surface area (Å²) in [5.74, 6) is 0.932. The number of rotatable bonds is 5. The minimum Gasteiger partial charge on any atom is -0.472 e. The molecule has 88 valence electrons. The van der Waals surface area contributed by atoms with Crippen molar-refractivity contribution < 1.29 is 13.5 Å². The molecule has 0 radical (unpaired) electrons. The van der Waals surface area contributed by atoms with Crippen LogP contribution in [0.3, 0.4) is 0 Å². The Bertz CT molecular complexity index is 343. The fraction of sp³-hybridized carbons (Fsp3) is 0.545. The van der Waals surface area contributed by atoms with E-state index in [4.69, 9.17) is 4.74 Å². The third kappa shape index (κ3) is 3.05. The molecule has 0 spiro atoms. The van der Waals surface area contributed by atoms with Crippen LogP contribution in [-0.4, -0.2) is 24.1 Å². The fourth-order valence-electron chi connectivity index (χ4n) is 1.49. The molecule has 1 saturated carbocycles. The van der Waals surface area contributed by atoms with Crippen molar-refractivity contribution in [2.24, 2.45) is 0 Å². The Kier molecular flexibility index (Phi) is 3.54. The zero-order chi connectivity index (χ0) is 11.4.